The molecule has 3 nitrogen and oxygen atoms in total. The van der Waals surface area contributed by atoms with Gasteiger partial charge < -0.3 is 10.3 Å². The summed E-state index contributed by atoms with van der Waals surface area (Å²) in [5, 5.41) is 4.03. The molecule has 1 aromatic heterocycles. The number of aryl methyl sites for hydroxylation is 1. The number of carbonyl (C=O) groups excluding carboxylic acids is 1. The van der Waals surface area contributed by atoms with Gasteiger partial charge in [0.2, 0.25) is 5.91 Å². The van der Waals surface area contributed by atoms with Crippen LogP contribution in [-0.4, -0.2) is 17.4 Å². The van der Waals surface area contributed by atoms with Crippen molar-refractivity contribution >= 4 is 16.8 Å². The van der Waals surface area contributed by atoms with E-state index in [2.05, 4.69) is 16.4 Å². The normalized spacial score (nSPS) is 10.9. The van der Waals surface area contributed by atoms with Gasteiger partial charge in [-0.25, -0.2) is 4.39 Å². The number of H-pyrrole nitrogens is 1. The Bertz CT molecular complexity index is 821. The van der Waals surface area contributed by atoms with Gasteiger partial charge >= 0.3 is 0 Å². The van der Waals surface area contributed by atoms with Crippen molar-refractivity contribution in [2.45, 2.75) is 19.8 Å². The Balaban J connectivity index is 1.52. The number of hydrogen-bond acceptors (Lipinski definition) is 1. The highest BCUT2D eigenvalue weighted by Crippen LogP contribution is 2.17. The van der Waals surface area contributed by atoms with Crippen molar-refractivity contribution in [3.05, 3.63) is 71.2 Å². The molecule has 0 radical (unpaired) electrons. The van der Waals surface area contributed by atoms with Crippen molar-refractivity contribution in [3.8, 4) is 0 Å². The van der Waals surface area contributed by atoms with Gasteiger partial charge in [-0.1, -0.05) is 18.2 Å². The molecule has 2 aromatic carbocycles. The van der Waals surface area contributed by atoms with Crippen LogP contribution >= 0.6 is 0 Å². The van der Waals surface area contributed by atoms with Gasteiger partial charge in [0.25, 0.3) is 0 Å². The minimum absolute atomic E-state index is 0.00119. The molecule has 0 atom stereocenters. The van der Waals surface area contributed by atoms with Gasteiger partial charge in [-0.05, 0) is 60.2 Å². The first-order chi connectivity index (χ1) is 11.1. The quantitative estimate of drug-likeness (QED) is 0.744. The summed E-state index contributed by atoms with van der Waals surface area (Å²) in [6, 6.07) is 14.4. The highest BCUT2D eigenvalue weighted by Gasteiger charge is 2.05. The van der Waals surface area contributed by atoms with Crippen LogP contribution < -0.4 is 5.32 Å². The van der Waals surface area contributed by atoms with Gasteiger partial charge in [0.05, 0.1) is 6.42 Å². The molecule has 2 N–H and O–H groups in total. The first kappa shape index (κ1) is 15.3. The molecular formula is C19H19FN2O. The van der Waals surface area contributed by atoms with Crippen LogP contribution in [-0.2, 0) is 17.6 Å². The van der Waals surface area contributed by atoms with Crippen molar-refractivity contribution in [1.82, 2.24) is 10.3 Å². The number of carbonyl (C=O) groups is 1. The van der Waals surface area contributed by atoms with Gasteiger partial charge in [0.1, 0.15) is 5.82 Å². The Labute approximate surface area is 134 Å². The van der Waals surface area contributed by atoms with Gasteiger partial charge in [0.15, 0.2) is 0 Å². The van der Waals surface area contributed by atoms with Crippen molar-refractivity contribution in [2.75, 3.05) is 6.54 Å². The molecule has 0 aliphatic carbocycles. The molecule has 0 unspecified atom stereocenters. The van der Waals surface area contributed by atoms with Crippen LogP contribution in [0.1, 0.15) is 16.8 Å². The molecule has 0 spiro atoms. The maximum Gasteiger partial charge on any atom is 0.224 e. The van der Waals surface area contributed by atoms with Crippen LogP contribution in [0.2, 0.25) is 0 Å². The molecule has 1 heterocycles. The first-order valence-corrected chi connectivity index (χ1v) is 7.69. The molecule has 0 bridgehead atoms. The van der Waals surface area contributed by atoms with Crippen LogP contribution in [0.25, 0.3) is 10.9 Å². The predicted octanol–water partition coefficient (Wildman–Crippen LogP) is 3.52. The van der Waals surface area contributed by atoms with E-state index in [1.807, 2.05) is 25.1 Å². The third-order valence-corrected chi connectivity index (χ3v) is 3.83. The second-order valence-electron chi connectivity index (χ2n) is 5.78. The van der Waals surface area contributed by atoms with E-state index in [1.165, 1.54) is 12.1 Å². The lowest BCUT2D eigenvalue weighted by atomic mass is 10.1. The lowest BCUT2D eigenvalue weighted by Gasteiger charge is -2.06. The number of halogens is 1. The molecule has 3 aromatic rings. The van der Waals surface area contributed by atoms with E-state index in [1.54, 1.807) is 12.1 Å². The largest absolute Gasteiger partial charge is 0.359 e. The third kappa shape index (κ3) is 3.97. The van der Waals surface area contributed by atoms with E-state index in [0.717, 1.165) is 27.7 Å². The summed E-state index contributed by atoms with van der Waals surface area (Å²) in [7, 11) is 0. The van der Waals surface area contributed by atoms with Gasteiger partial charge in [-0.2, -0.15) is 0 Å². The number of fused-ring (bicyclic) bond motifs is 1. The molecule has 23 heavy (non-hydrogen) atoms. The Morgan fingerprint density at radius 2 is 1.83 bits per heavy atom. The standard InChI is InChI=1S/C19H19FN2O/c1-13-10-16-11-15(4-7-18(16)22-13)12-19(23)21-9-8-14-2-5-17(20)6-3-14/h2-7,10-11,22H,8-9,12H2,1H3,(H,21,23). The maximum absolute atomic E-state index is 12.8. The zero-order chi connectivity index (χ0) is 16.2. The number of nitrogens with one attached hydrogen (secondary N) is 2. The topological polar surface area (TPSA) is 44.9 Å². The Morgan fingerprint density at radius 1 is 1.09 bits per heavy atom. The van der Waals surface area contributed by atoms with E-state index in [0.29, 0.717) is 19.4 Å². The summed E-state index contributed by atoms with van der Waals surface area (Å²) >= 11 is 0. The second kappa shape index (κ2) is 6.65. The predicted molar refractivity (Wildman–Crippen MR) is 89.9 cm³/mol. The Hall–Kier alpha value is -2.62. The smallest absolute Gasteiger partial charge is 0.224 e. The van der Waals surface area contributed by atoms with Crippen molar-refractivity contribution in [2.24, 2.45) is 0 Å². The van der Waals surface area contributed by atoms with Crippen LogP contribution in [0.15, 0.2) is 48.5 Å². The first-order valence-electron chi connectivity index (χ1n) is 7.69. The fourth-order valence-corrected chi connectivity index (χ4v) is 2.68. The lowest BCUT2D eigenvalue weighted by molar-refractivity contribution is -0.120. The zero-order valence-corrected chi connectivity index (χ0v) is 13.0. The minimum atomic E-state index is -0.242. The molecule has 0 aliphatic rings. The highest BCUT2D eigenvalue weighted by molar-refractivity contribution is 5.84. The van der Waals surface area contributed by atoms with Crippen LogP contribution in [0.3, 0.4) is 0 Å². The lowest BCUT2D eigenvalue weighted by Crippen LogP contribution is -2.27. The maximum atomic E-state index is 12.8. The average molecular weight is 310 g/mol. The zero-order valence-electron chi connectivity index (χ0n) is 13.0. The molecule has 1 amide bonds. The summed E-state index contributed by atoms with van der Waals surface area (Å²) in [4.78, 5) is 15.3. The van der Waals surface area contributed by atoms with E-state index in [4.69, 9.17) is 0 Å². The molecular weight excluding hydrogens is 291 g/mol. The molecule has 3 rings (SSSR count). The molecule has 0 aliphatic heterocycles. The number of benzene rings is 2. The summed E-state index contributed by atoms with van der Waals surface area (Å²) in [6.07, 6.45) is 1.06. The van der Waals surface area contributed by atoms with Crippen LogP contribution in [0.4, 0.5) is 4.39 Å². The van der Waals surface area contributed by atoms with E-state index in [-0.39, 0.29) is 11.7 Å². The molecule has 0 fully saturated rings. The van der Waals surface area contributed by atoms with Crippen molar-refractivity contribution in [3.63, 3.8) is 0 Å². The number of hydrogen-bond donors (Lipinski definition) is 2. The fourth-order valence-electron chi connectivity index (χ4n) is 2.68. The fraction of sp³-hybridized carbons (Fsp3) is 0.211. The van der Waals surface area contributed by atoms with E-state index in [9.17, 15) is 9.18 Å². The Morgan fingerprint density at radius 3 is 2.61 bits per heavy atom. The summed E-state index contributed by atoms with van der Waals surface area (Å²) < 4.78 is 12.8. The summed E-state index contributed by atoms with van der Waals surface area (Å²) in [5.41, 5.74) is 4.20. The number of aromatic amines is 1. The number of amides is 1. The molecule has 0 saturated heterocycles. The highest BCUT2D eigenvalue weighted by atomic mass is 19.1. The monoisotopic (exact) mass is 310 g/mol. The van der Waals surface area contributed by atoms with E-state index >= 15 is 0 Å². The number of aromatic nitrogens is 1. The van der Waals surface area contributed by atoms with E-state index < -0.39 is 0 Å². The van der Waals surface area contributed by atoms with Crippen molar-refractivity contribution < 1.29 is 9.18 Å². The number of rotatable bonds is 5. The minimum Gasteiger partial charge on any atom is -0.359 e. The van der Waals surface area contributed by atoms with Gasteiger partial charge in [0, 0.05) is 17.8 Å². The summed E-state index contributed by atoms with van der Waals surface area (Å²) in [5.74, 6) is -0.244. The molecule has 118 valence electrons. The molecule has 4 heteroatoms. The summed E-state index contributed by atoms with van der Waals surface area (Å²) in [6.45, 7) is 2.57. The van der Waals surface area contributed by atoms with Gasteiger partial charge in [-0.3, -0.25) is 4.79 Å². The second-order valence-corrected chi connectivity index (χ2v) is 5.78. The third-order valence-electron chi connectivity index (χ3n) is 3.83. The van der Waals surface area contributed by atoms with Crippen LogP contribution in [0.5, 0.6) is 0 Å². The Kier molecular flexibility index (Phi) is 4.42. The van der Waals surface area contributed by atoms with Gasteiger partial charge in [-0.15, -0.1) is 0 Å². The SMILES string of the molecule is Cc1cc2cc(CC(=O)NCCc3ccc(F)cc3)ccc2[nH]1. The molecule has 0 saturated carbocycles. The van der Waals surface area contributed by atoms with Crippen LogP contribution in [0, 0.1) is 12.7 Å². The average Bonchev–Trinajstić information content (AvgIpc) is 2.88. The van der Waals surface area contributed by atoms with Crippen molar-refractivity contribution in [1.29, 1.82) is 0 Å².